The van der Waals surface area contributed by atoms with Crippen LogP contribution >= 0.6 is 0 Å². The van der Waals surface area contributed by atoms with E-state index in [1.54, 1.807) is 0 Å². The molecule has 10 aromatic carbocycles. The summed E-state index contributed by atoms with van der Waals surface area (Å²) in [6.45, 7) is 41.5. The monoisotopic (exact) mass is 1210 g/mol. The second-order valence-corrected chi connectivity index (χ2v) is 19.8. The van der Waals surface area contributed by atoms with Gasteiger partial charge in [0.1, 0.15) is 0 Å². The summed E-state index contributed by atoms with van der Waals surface area (Å²) in [6, 6.07) is 86.3. The van der Waals surface area contributed by atoms with Crippen molar-refractivity contribution in [3.05, 3.63) is 313 Å². The predicted octanol–water partition coefficient (Wildman–Crippen LogP) is 27.2. The van der Waals surface area contributed by atoms with Crippen molar-refractivity contribution in [2.45, 2.75) is 204 Å². The maximum absolute atomic E-state index is 2.69. The normalized spacial score (nSPS) is 11.8. The fourth-order valence-corrected chi connectivity index (χ4v) is 14.0. The molecule has 0 aromatic heterocycles. The summed E-state index contributed by atoms with van der Waals surface area (Å²) in [6.07, 6.45) is 2.82. The van der Waals surface area contributed by atoms with Crippen LogP contribution in [0.3, 0.4) is 0 Å². The van der Waals surface area contributed by atoms with Crippen molar-refractivity contribution in [1.82, 2.24) is 0 Å². The van der Waals surface area contributed by atoms with Crippen LogP contribution in [0.2, 0.25) is 0 Å². The van der Waals surface area contributed by atoms with Crippen molar-refractivity contribution in [2.75, 3.05) is 4.90 Å². The highest BCUT2D eigenvalue weighted by molar-refractivity contribution is 5.90. The second kappa shape index (κ2) is 38.6. The molecule has 10 aromatic rings. The number of hydrogen-bond donors (Lipinski definition) is 0. The third kappa shape index (κ3) is 14.1. The van der Waals surface area contributed by atoms with Crippen molar-refractivity contribution in [3.63, 3.8) is 0 Å². The zero-order chi connectivity index (χ0) is 64.6. The zero-order valence-electron chi connectivity index (χ0n) is 57.8. The van der Waals surface area contributed by atoms with E-state index in [9.17, 15) is 0 Å². The van der Waals surface area contributed by atoms with Gasteiger partial charge in [-0.05, 0) is 154 Å². The Kier molecular flexibility index (Phi) is 33.6. The summed E-state index contributed by atoms with van der Waals surface area (Å²) in [7, 11) is 0. The van der Waals surface area contributed by atoms with Crippen LogP contribution in [0.4, 0.5) is 5.69 Å². The van der Waals surface area contributed by atoms with Gasteiger partial charge >= 0.3 is 0 Å². The third-order valence-electron chi connectivity index (χ3n) is 16.6. The first kappa shape index (κ1) is 79.1. The smallest absolute Gasteiger partial charge is 0.0719 e. The van der Waals surface area contributed by atoms with Gasteiger partial charge in [0.15, 0.2) is 0 Å². The summed E-state index contributed by atoms with van der Waals surface area (Å²) < 4.78 is 0. The topological polar surface area (TPSA) is 3.24 Å². The number of fused-ring (bicyclic) bond motifs is 21. The lowest BCUT2D eigenvalue weighted by molar-refractivity contribution is 0.712. The Morgan fingerprint density at radius 2 is 0.560 bits per heavy atom. The van der Waals surface area contributed by atoms with Gasteiger partial charge in [-0.15, -0.1) is 0 Å². The van der Waals surface area contributed by atoms with Crippen molar-refractivity contribution < 1.29 is 0 Å². The molecule has 0 unspecified atom stereocenters. The Labute approximate surface area is 558 Å². The van der Waals surface area contributed by atoms with Gasteiger partial charge in [-0.2, -0.15) is 0 Å². The van der Waals surface area contributed by atoms with Crippen molar-refractivity contribution in [1.29, 1.82) is 0 Å². The minimum Gasteiger partial charge on any atom is -0.363 e. The van der Waals surface area contributed by atoms with Gasteiger partial charge in [0.2, 0.25) is 0 Å². The standard InChI is InChI=1S/C67H47N.10C2H6.3CH4/c1-4-21-52-44(16-1)37-49-19-15-20-50(65(49)52)42-68(51-35-34-48-39-46-18-3-10-27-58(46)67(64(48)40-51)61-30-13-7-24-55(61)56-25-8-14-31-62(56)67)41-43-32-33-47-38-45-17-2-9-26-57(45)66(63(47)36-43)59-28-11-5-22-53(59)54-23-6-12-29-60(54)66;10*1-2;;;/h1-36,40H,37-39,41-42H2;10*1-2H3;3*1H4. The Balaban J connectivity index is 0.00000113. The number of nitrogens with zero attached hydrogens (tertiary/aromatic N) is 1. The molecule has 0 amide bonds. The molecule has 0 radical (unpaired) electrons. The van der Waals surface area contributed by atoms with E-state index in [1.165, 1.54) is 128 Å². The molecule has 5 aliphatic rings. The van der Waals surface area contributed by atoms with Gasteiger partial charge in [0.25, 0.3) is 0 Å². The van der Waals surface area contributed by atoms with E-state index in [0.29, 0.717) is 0 Å². The maximum Gasteiger partial charge on any atom is 0.0719 e. The average molecular weight is 1210 g/mol. The third-order valence-corrected chi connectivity index (χ3v) is 16.6. The fraction of sp³-hybridized carbons (Fsp3) is 0.333. The van der Waals surface area contributed by atoms with Crippen LogP contribution in [0.1, 0.15) is 250 Å². The molecule has 0 aliphatic heterocycles. The van der Waals surface area contributed by atoms with Crippen LogP contribution in [0.25, 0.3) is 33.4 Å². The quantitative estimate of drug-likeness (QED) is 0.166. The largest absolute Gasteiger partial charge is 0.363 e. The summed E-state index contributed by atoms with van der Waals surface area (Å²) in [5, 5.41) is 0. The molecule has 0 saturated heterocycles. The average Bonchev–Trinajstić information content (AvgIpc) is 1.70. The molecule has 91 heavy (non-hydrogen) atoms. The first-order chi connectivity index (χ1) is 43.7. The van der Waals surface area contributed by atoms with Gasteiger partial charge in [0, 0.05) is 18.8 Å². The lowest BCUT2D eigenvalue weighted by Crippen LogP contribution is -2.35. The number of rotatable bonds is 5. The molecule has 0 fully saturated rings. The van der Waals surface area contributed by atoms with E-state index in [4.69, 9.17) is 0 Å². The van der Waals surface area contributed by atoms with Crippen LogP contribution in [-0.2, 0) is 43.2 Å². The summed E-state index contributed by atoms with van der Waals surface area (Å²) in [5.74, 6) is 0. The van der Waals surface area contributed by atoms with Gasteiger partial charge in [-0.3, -0.25) is 0 Å². The first-order valence-corrected chi connectivity index (χ1v) is 34.4. The predicted molar refractivity (Wildman–Crippen MR) is 411 cm³/mol. The highest BCUT2D eigenvalue weighted by Crippen LogP contribution is 2.61. The van der Waals surface area contributed by atoms with E-state index >= 15 is 0 Å². The van der Waals surface area contributed by atoms with Crippen LogP contribution in [0.5, 0.6) is 0 Å². The van der Waals surface area contributed by atoms with Crippen LogP contribution in [-0.4, -0.2) is 0 Å². The molecular weight excluding hydrogens is 1090 g/mol. The second-order valence-electron chi connectivity index (χ2n) is 19.8. The lowest BCUT2D eigenvalue weighted by Gasteiger charge is -2.41. The number of anilines is 1. The number of benzene rings is 10. The Bertz CT molecular complexity index is 3660. The van der Waals surface area contributed by atoms with Crippen molar-refractivity contribution in [3.8, 4) is 33.4 Å². The van der Waals surface area contributed by atoms with E-state index < -0.39 is 10.8 Å². The Hall–Kier alpha value is -8.00. The molecule has 0 atom stereocenters. The summed E-state index contributed by atoms with van der Waals surface area (Å²) in [5.41, 5.74) is 31.0. The minimum atomic E-state index is -0.430. The van der Waals surface area contributed by atoms with Crippen LogP contribution in [0, 0.1) is 0 Å². The molecule has 5 aliphatic carbocycles. The van der Waals surface area contributed by atoms with Gasteiger partial charge in [-0.25, -0.2) is 0 Å². The maximum atomic E-state index is 2.69. The molecule has 2 spiro atoms. The van der Waals surface area contributed by atoms with Crippen molar-refractivity contribution in [2.24, 2.45) is 0 Å². The molecule has 0 N–H and O–H groups in total. The van der Waals surface area contributed by atoms with Crippen molar-refractivity contribution >= 4 is 5.69 Å². The highest BCUT2D eigenvalue weighted by atomic mass is 15.1. The SMILES string of the molecule is C.C.C.CC.CC.CC.CC.CC.CC.CC.CC.CC.CC.c1ccc2c(c1)Cc1cccc(CN(Cc3ccc4c(c3)C3(c5ccccc5C4)c4ccccc4-c4ccccc43)c3ccc4c(c3)C3(c5ccccc5C4)c4ccccc4-c4ccccc43)c1-2. The lowest BCUT2D eigenvalue weighted by atomic mass is 9.61. The fourth-order valence-electron chi connectivity index (χ4n) is 14.0. The molecule has 0 heterocycles. The van der Waals surface area contributed by atoms with E-state index in [0.717, 1.165) is 32.4 Å². The van der Waals surface area contributed by atoms with Gasteiger partial charge < -0.3 is 4.90 Å². The van der Waals surface area contributed by atoms with Crippen LogP contribution < -0.4 is 4.90 Å². The van der Waals surface area contributed by atoms with Gasteiger partial charge in [-0.1, -0.05) is 373 Å². The molecule has 15 rings (SSSR count). The summed E-state index contributed by atoms with van der Waals surface area (Å²) in [4.78, 5) is 2.69. The highest BCUT2D eigenvalue weighted by Gasteiger charge is 2.51. The molecule has 0 bridgehead atoms. The Morgan fingerprint density at radius 1 is 0.253 bits per heavy atom. The van der Waals surface area contributed by atoms with E-state index in [-0.39, 0.29) is 22.3 Å². The van der Waals surface area contributed by atoms with Gasteiger partial charge in [0.05, 0.1) is 10.8 Å². The number of hydrogen-bond acceptors (Lipinski definition) is 1. The summed E-state index contributed by atoms with van der Waals surface area (Å²) >= 11 is 0. The first-order valence-electron chi connectivity index (χ1n) is 34.4. The van der Waals surface area contributed by atoms with Crippen LogP contribution in [0.15, 0.2) is 224 Å². The van der Waals surface area contributed by atoms with E-state index in [2.05, 4.69) is 229 Å². The van der Waals surface area contributed by atoms with E-state index in [1.807, 2.05) is 138 Å². The minimum absolute atomic E-state index is 0. The molecular formula is C90H119N. The molecule has 1 nitrogen and oxygen atoms in total. The molecule has 484 valence electrons. The zero-order valence-corrected chi connectivity index (χ0v) is 57.8. The molecule has 1 heteroatoms. The Morgan fingerprint density at radius 3 is 0.978 bits per heavy atom. The molecule has 0 saturated carbocycles.